The minimum atomic E-state index is -0.563. The fourth-order valence-corrected chi connectivity index (χ4v) is 4.68. The maximum Gasteiger partial charge on any atom is 0.263 e. The summed E-state index contributed by atoms with van der Waals surface area (Å²) in [6.07, 6.45) is 3.81. The van der Waals surface area contributed by atoms with Gasteiger partial charge in [0.2, 0.25) is 5.91 Å². The van der Waals surface area contributed by atoms with Crippen LogP contribution >= 0.6 is 27.3 Å². The molecule has 1 unspecified atom stereocenters. The van der Waals surface area contributed by atoms with E-state index in [1.54, 1.807) is 0 Å². The first kappa shape index (κ1) is 19.9. The van der Waals surface area contributed by atoms with E-state index < -0.39 is 6.04 Å². The van der Waals surface area contributed by atoms with E-state index in [0.29, 0.717) is 11.3 Å². The van der Waals surface area contributed by atoms with Crippen LogP contribution in [-0.4, -0.2) is 30.9 Å². The largest absolute Gasteiger partial charge is 0.371 e. The normalized spacial score (nSPS) is 14.8. The Bertz CT molecular complexity index is 802. The third-order valence-corrected chi connectivity index (χ3v) is 6.44. The second-order valence-electron chi connectivity index (χ2n) is 6.65. The number of benzene rings is 1. The van der Waals surface area contributed by atoms with Crippen molar-refractivity contribution in [2.45, 2.75) is 38.6 Å². The Kier molecular flexibility index (Phi) is 6.90. The van der Waals surface area contributed by atoms with Gasteiger partial charge in [0.05, 0.1) is 0 Å². The van der Waals surface area contributed by atoms with E-state index in [0.717, 1.165) is 35.4 Å². The smallest absolute Gasteiger partial charge is 0.263 e. The number of carbonyl (C=O) groups excluding carboxylic acids is 2. The molecule has 1 atom stereocenters. The standard InChI is InChI=1S/C20H24BrN3O2S/c1-2-6-17(23-20(26)18-16(21)9-12-27-18)19(25)22-14-7-5-8-15(13-14)24-10-3-4-11-24/h5,7-9,12-13,17H,2-4,6,10-11H2,1H3,(H,22,25)(H,23,26). The van der Waals surface area contributed by atoms with Crippen LogP contribution in [0, 0.1) is 0 Å². The summed E-state index contributed by atoms with van der Waals surface area (Å²) >= 11 is 4.72. The predicted octanol–water partition coefficient (Wildman–Crippen LogP) is 4.65. The van der Waals surface area contributed by atoms with Gasteiger partial charge in [0, 0.05) is 28.9 Å². The first-order chi connectivity index (χ1) is 13.1. The second-order valence-corrected chi connectivity index (χ2v) is 8.42. The Morgan fingerprint density at radius 2 is 2.04 bits per heavy atom. The number of amides is 2. The van der Waals surface area contributed by atoms with E-state index in [1.165, 1.54) is 24.2 Å². The molecule has 1 aromatic carbocycles. The molecule has 0 radical (unpaired) electrons. The number of hydrogen-bond acceptors (Lipinski definition) is 4. The number of rotatable bonds is 7. The lowest BCUT2D eigenvalue weighted by Crippen LogP contribution is -2.43. The molecule has 7 heteroatoms. The van der Waals surface area contributed by atoms with Crippen LogP contribution in [0.15, 0.2) is 40.2 Å². The van der Waals surface area contributed by atoms with Crippen LogP contribution < -0.4 is 15.5 Å². The Balaban J connectivity index is 1.67. The third kappa shape index (κ3) is 5.11. The topological polar surface area (TPSA) is 61.4 Å². The molecule has 0 spiro atoms. The van der Waals surface area contributed by atoms with Crippen LogP contribution in [0.4, 0.5) is 11.4 Å². The first-order valence-electron chi connectivity index (χ1n) is 9.28. The zero-order chi connectivity index (χ0) is 19.2. The molecule has 0 bridgehead atoms. The van der Waals surface area contributed by atoms with Crippen LogP contribution in [0.3, 0.4) is 0 Å². The summed E-state index contributed by atoms with van der Waals surface area (Å²) in [7, 11) is 0. The van der Waals surface area contributed by atoms with Crippen molar-refractivity contribution in [3.63, 3.8) is 0 Å². The van der Waals surface area contributed by atoms with Crippen LogP contribution in [0.1, 0.15) is 42.3 Å². The van der Waals surface area contributed by atoms with E-state index in [1.807, 2.05) is 36.6 Å². The van der Waals surface area contributed by atoms with E-state index >= 15 is 0 Å². The van der Waals surface area contributed by atoms with Crippen LogP contribution in [-0.2, 0) is 4.79 Å². The summed E-state index contributed by atoms with van der Waals surface area (Å²) in [6.45, 7) is 4.12. The molecule has 144 valence electrons. The molecular weight excluding hydrogens is 426 g/mol. The highest BCUT2D eigenvalue weighted by Crippen LogP contribution is 2.24. The highest BCUT2D eigenvalue weighted by molar-refractivity contribution is 9.10. The highest BCUT2D eigenvalue weighted by Gasteiger charge is 2.23. The van der Waals surface area contributed by atoms with Gasteiger partial charge in [0.25, 0.3) is 5.91 Å². The monoisotopic (exact) mass is 449 g/mol. The summed E-state index contributed by atoms with van der Waals surface area (Å²) in [5.74, 6) is -0.409. The molecule has 2 aromatic rings. The molecule has 0 aliphatic carbocycles. The van der Waals surface area contributed by atoms with Gasteiger partial charge in [0.1, 0.15) is 10.9 Å². The summed E-state index contributed by atoms with van der Waals surface area (Å²) < 4.78 is 0.749. The Labute approximate surface area is 172 Å². The number of anilines is 2. The summed E-state index contributed by atoms with van der Waals surface area (Å²) in [6, 6.07) is 9.19. The molecule has 3 rings (SSSR count). The summed E-state index contributed by atoms with van der Waals surface area (Å²) in [4.78, 5) is 28.2. The van der Waals surface area contributed by atoms with Gasteiger partial charge in [0.15, 0.2) is 0 Å². The molecule has 2 N–H and O–H groups in total. The Morgan fingerprint density at radius 3 is 2.70 bits per heavy atom. The lowest BCUT2D eigenvalue weighted by molar-refractivity contribution is -0.118. The van der Waals surface area contributed by atoms with Gasteiger partial charge >= 0.3 is 0 Å². The van der Waals surface area contributed by atoms with Crippen LogP contribution in [0.5, 0.6) is 0 Å². The van der Waals surface area contributed by atoms with Crippen LogP contribution in [0.2, 0.25) is 0 Å². The van der Waals surface area contributed by atoms with Gasteiger partial charge in [-0.15, -0.1) is 11.3 Å². The number of hydrogen-bond donors (Lipinski definition) is 2. The van der Waals surface area contributed by atoms with Gasteiger partial charge in [-0.25, -0.2) is 0 Å². The minimum absolute atomic E-state index is 0.184. The summed E-state index contributed by atoms with van der Waals surface area (Å²) in [5.41, 5.74) is 1.89. The van der Waals surface area contributed by atoms with Crippen molar-refractivity contribution in [2.75, 3.05) is 23.3 Å². The molecule has 1 aliphatic rings. The molecule has 2 amide bonds. The van der Waals surface area contributed by atoms with E-state index in [9.17, 15) is 9.59 Å². The SMILES string of the molecule is CCCC(NC(=O)c1sccc1Br)C(=O)Nc1cccc(N2CCCC2)c1. The quantitative estimate of drug-likeness (QED) is 0.646. The van der Waals surface area contributed by atoms with Gasteiger partial charge in [-0.05, 0) is 64.8 Å². The molecule has 27 heavy (non-hydrogen) atoms. The molecule has 1 saturated heterocycles. The van der Waals surface area contributed by atoms with E-state index in [2.05, 4.69) is 37.5 Å². The highest BCUT2D eigenvalue weighted by atomic mass is 79.9. The number of nitrogens with one attached hydrogen (secondary N) is 2. The van der Waals surface area contributed by atoms with Gasteiger partial charge in [-0.3, -0.25) is 9.59 Å². The average Bonchev–Trinajstić information content (AvgIpc) is 3.33. The van der Waals surface area contributed by atoms with Gasteiger partial charge in [-0.1, -0.05) is 19.4 Å². The van der Waals surface area contributed by atoms with Crippen LogP contribution in [0.25, 0.3) is 0 Å². The van der Waals surface area contributed by atoms with Gasteiger partial charge in [-0.2, -0.15) is 0 Å². The molecular formula is C20H24BrN3O2S. The molecule has 1 aliphatic heterocycles. The fourth-order valence-electron chi connectivity index (χ4n) is 3.22. The van der Waals surface area contributed by atoms with Gasteiger partial charge < -0.3 is 15.5 Å². The molecule has 0 saturated carbocycles. The molecule has 2 heterocycles. The molecule has 1 fully saturated rings. The van der Waals surface area contributed by atoms with E-state index in [4.69, 9.17) is 0 Å². The zero-order valence-corrected chi connectivity index (χ0v) is 17.7. The average molecular weight is 450 g/mol. The van der Waals surface area contributed by atoms with Crippen molar-refractivity contribution < 1.29 is 9.59 Å². The van der Waals surface area contributed by atoms with Crippen molar-refractivity contribution in [2.24, 2.45) is 0 Å². The second kappa shape index (κ2) is 9.37. The maximum absolute atomic E-state index is 12.8. The maximum atomic E-state index is 12.8. The minimum Gasteiger partial charge on any atom is -0.371 e. The fraction of sp³-hybridized carbons (Fsp3) is 0.400. The first-order valence-corrected chi connectivity index (χ1v) is 11.0. The Morgan fingerprint density at radius 1 is 1.26 bits per heavy atom. The van der Waals surface area contributed by atoms with Crippen molar-refractivity contribution in [1.29, 1.82) is 0 Å². The third-order valence-electron chi connectivity index (χ3n) is 4.61. The molecule has 5 nitrogen and oxygen atoms in total. The number of halogens is 1. The van der Waals surface area contributed by atoms with Crippen molar-refractivity contribution >= 4 is 50.5 Å². The van der Waals surface area contributed by atoms with E-state index in [-0.39, 0.29) is 11.8 Å². The molecule has 1 aromatic heterocycles. The zero-order valence-electron chi connectivity index (χ0n) is 15.3. The number of carbonyl (C=O) groups is 2. The lowest BCUT2D eigenvalue weighted by atomic mass is 10.1. The number of thiophene rings is 1. The van der Waals surface area contributed by atoms with Crippen molar-refractivity contribution in [3.05, 3.63) is 45.1 Å². The predicted molar refractivity (Wildman–Crippen MR) is 115 cm³/mol. The van der Waals surface area contributed by atoms with Crippen molar-refractivity contribution in [1.82, 2.24) is 5.32 Å². The van der Waals surface area contributed by atoms with Crippen molar-refractivity contribution in [3.8, 4) is 0 Å². The Hall–Kier alpha value is -1.86. The lowest BCUT2D eigenvalue weighted by Gasteiger charge is -2.20. The summed E-state index contributed by atoms with van der Waals surface area (Å²) in [5, 5.41) is 7.68. The number of nitrogens with zero attached hydrogens (tertiary/aromatic N) is 1.